The number of nitrogens with one attached hydrogen (secondary N) is 1. The largest absolute Gasteiger partial charge is 0.355 e. The Morgan fingerprint density at radius 3 is 2.45 bits per heavy atom. The van der Waals surface area contributed by atoms with Gasteiger partial charge in [0.1, 0.15) is 0 Å². The topological polar surface area (TPSA) is 75.4 Å². The molecule has 0 heterocycles. The molecule has 5 heteroatoms. The lowest BCUT2D eigenvalue weighted by atomic mass is 9.79. The summed E-state index contributed by atoms with van der Waals surface area (Å²) in [6, 6.07) is 0. The zero-order valence-corrected chi connectivity index (χ0v) is 12.9. The Labute approximate surface area is 122 Å². The predicted molar refractivity (Wildman–Crippen MR) is 80.1 cm³/mol. The monoisotopic (exact) mass is 283 g/mol. The quantitative estimate of drug-likeness (QED) is 0.735. The van der Waals surface area contributed by atoms with E-state index in [9.17, 15) is 9.59 Å². The third-order valence-electron chi connectivity index (χ3n) is 4.30. The van der Waals surface area contributed by atoms with Gasteiger partial charge in [0.2, 0.25) is 11.8 Å². The highest BCUT2D eigenvalue weighted by atomic mass is 16.2. The summed E-state index contributed by atoms with van der Waals surface area (Å²) in [5.74, 6) is 0.529. The van der Waals surface area contributed by atoms with Gasteiger partial charge >= 0.3 is 0 Å². The van der Waals surface area contributed by atoms with Crippen molar-refractivity contribution in [3.8, 4) is 0 Å². The average molecular weight is 283 g/mol. The number of carbonyl (C=O) groups is 2. The molecule has 20 heavy (non-hydrogen) atoms. The van der Waals surface area contributed by atoms with Gasteiger partial charge in [-0.25, -0.2) is 0 Å². The van der Waals surface area contributed by atoms with Crippen molar-refractivity contribution in [3.05, 3.63) is 0 Å². The van der Waals surface area contributed by atoms with Crippen LogP contribution in [0.1, 0.15) is 46.0 Å². The summed E-state index contributed by atoms with van der Waals surface area (Å²) in [4.78, 5) is 25.8. The second-order valence-electron chi connectivity index (χ2n) is 5.49. The van der Waals surface area contributed by atoms with Crippen LogP contribution in [0.25, 0.3) is 0 Å². The van der Waals surface area contributed by atoms with Crippen LogP contribution in [0.2, 0.25) is 0 Å². The fourth-order valence-corrected chi connectivity index (χ4v) is 2.99. The predicted octanol–water partition coefficient (Wildman–Crippen LogP) is 1.13. The van der Waals surface area contributed by atoms with E-state index in [4.69, 9.17) is 5.73 Å². The second kappa shape index (κ2) is 8.95. The third kappa shape index (κ3) is 4.78. The van der Waals surface area contributed by atoms with Crippen molar-refractivity contribution in [2.24, 2.45) is 17.6 Å². The van der Waals surface area contributed by atoms with Gasteiger partial charge in [0.25, 0.3) is 0 Å². The maximum atomic E-state index is 12.2. The van der Waals surface area contributed by atoms with Crippen molar-refractivity contribution in [2.45, 2.75) is 46.0 Å². The average Bonchev–Trinajstić information content (AvgIpc) is 2.48. The number of carbonyl (C=O) groups excluding carboxylic acids is 2. The molecule has 0 saturated heterocycles. The van der Waals surface area contributed by atoms with Crippen LogP contribution in [0.3, 0.4) is 0 Å². The van der Waals surface area contributed by atoms with Crippen LogP contribution >= 0.6 is 0 Å². The van der Waals surface area contributed by atoms with Crippen LogP contribution in [-0.4, -0.2) is 42.9 Å². The van der Waals surface area contributed by atoms with E-state index in [1.165, 1.54) is 6.42 Å². The number of rotatable bonds is 7. The molecule has 0 radical (unpaired) electrons. The molecule has 3 N–H and O–H groups in total. The van der Waals surface area contributed by atoms with Gasteiger partial charge in [0, 0.05) is 32.0 Å². The Hall–Kier alpha value is -1.10. The molecule has 1 aliphatic carbocycles. The van der Waals surface area contributed by atoms with Gasteiger partial charge in [-0.05, 0) is 39.2 Å². The van der Waals surface area contributed by atoms with Crippen molar-refractivity contribution in [3.63, 3.8) is 0 Å². The molecule has 0 bridgehead atoms. The summed E-state index contributed by atoms with van der Waals surface area (Å²) in [5.41, 5.74) is 5.74. The molecule has 5 nitrogen and oxygen atoms in total. The van der Waals surface area contributed by atoms with E-state index < -0.39 is 0 Å². The van der Waals surface area contributed by atoms with Gasteiger partial charge in [-0.2, -0.15) is 0 Å². The maximum absolute atomic E-state index is 12.2. The molecule has 0 aromatic rings. The molecular weight excluding hydrogens is 254 g/mol. The Morgan fingerprint density at radius 1 is 1.20 bits per heavy atom. The van der Waals surface area contributed by atoms with E-state index in [1.54, 1.807) is 4.90 Å². The van der Waals surface area contributed by atoms with Crippen LogP contribution in [-0.2, 0) is 9.59 Å². The van der Waals surface area contributed by atoms with Gasteiger partial charge in [-0.1, -0.05) is 12.8 Å². The number of hydrogen-bond donors (Lipinski definition) is 2. The molecule has 1 saturated carbocycles. The van der Waals surface area contributed by atoms with Crippen molar-refractivity contribution >= 4 is 11.8 Å². The molecule has 2 unspecified atom stereocenters. The minimum atomic E-state index is 0.0392. The van der Waals surface area contributed by atoms with E-state index >= 15 is 0 Å². The van der Waals surface area contributed by atoms with Gasteiger partial charge < -0.3 is 16.0 Å². The Bertz CT molecular complexity index is 316. The third-order valence-corrected chi connectivity index (χ3v) is 4.30. The lowest BCUT2D eigenvalue weighted by Crippen LogP contribution is -2.41. The zero-order valence-electron chi connectivity index (χ0n) is 12.9. The Kier molecular flexibility index (Phi) is 7.59. The fraction of sp³-hybridized carbons (Fsp3) is 0.867. The second-order valence-corrected chi connectivity index (χ2v) is 5.49. The molecule has 0 spiro atoms. The SMILES string of the molecule is CCN(CC)C(=O)CCNC(=O)C1CCCCC1CN. The van der Waals surface area contributed by atoms with Crippen LogP contribution in [0, 0.1) is 11.8 Å². The normalized spacial score (nSPS) is 22.4. The number of amides is 2. The molecule has 116 valence electrons. The summed E-state index contributed by atoms with van der Waals surface area (Å²) in [5, 5.41) is 2.91. The van der Waals surface area contributed by atoms with Crippen molar-refractivity contribution in [2.75, 3.05) is 26.2 Å². The zero-order chi connectivity index (χ0) is 15.0. The number of nitrogens with zero attached hydrogens (tertiary/aromatic N) is 1. The van der Waals surface area contributed by atoms with E-state index in [0.717, 1.165) is 32.4 Å². The van der Waals surface area contributed by atoms with Gasteiger partial charge in [0.05, 0.1) is 0 Å². The van der Waals surface area contributed by atoms with Crippen molar-refractivity contribution < 1.29 is 9.59 Å². The van der Waals surface area contributed by atoms with Crippen LogP contribution in [0.4, 0.5) is 0 Å². The Balaban J connectivity index is 2.33. The van der Waals surface area contributed by atoms with E-state index in [2.05, 4.69) is 5.32 Å². The lowest BCUT2D eigenvalue weighted by molar-refractivity contribution is -0.131. The van der Waals surface area contributed by atoms with E-state index in [1.807, 2.05) is 13.8 Å². The van der Waals surface area contributed by atoms with Crippen LogP contribution < -0.4 is 11.1 Å². The molecule has 1 aliphatic rings. The molecule has 0 aromatic heterocycles. The summed E-state index contributed by atoms with van der Waals surface area (Å²) < 4.78 is 0. The molecule has 0 aliphatic heterocycles. The van der Waals surface area contributed by atoms with Gasteiger partial charge in [-0.15, -0.1) is 0 Å². The van der Waals surface area contributed by atoms with Gasteiger partial charge in [-0.3, -0.25) is 9.59 Å². The van der Waals surface area contributed by atoms with Gasteiger partial charge in [0.15, 0.2) is 0 Å². The minimum Gasteiger partial charge on any atom is -0.355 e. The van der Waals surface area contributed by atoms with Crippen LogP contribution in [0.15, 0.2) is 0 Å². The molecule has 2 atom stereocenters. The first-order chi connectivity index (χ1) is 9.63. The van der Waals surface area contributed by atoms with Crippen molar-refractivity contribution in [1.82, 2.24) is 10.2 Å². The summed E-state index contributed by atoms with van der Waals surface area (Å²) >= 11 is 0. The van der Waals surface area contributed by atoms with Crippen LogP contribution in [0.5, 0.6) is 0 Å². The van der Waals surface area contributed by atoms with E-state index in [0.29, 0.717) is 25.4 Å². The van der Waals surface area contributed by atoms with Crippen molar-refractivity contribution in [1.29, 1.82) is 0 Å². The molecule has 1 rings (SSSR count). The first-order valence-electron chi connectivity index (χ1n) is 7.89. The summed E-state index contributed by atoms with van der Waals surface area (Å²) in [6.07, 6.45) is 4.64. The summed E-state index contributed by atoms with van der Waals surface area (Å²) in [6.45, 7) is 6.39. The first kappa shape index (κ1) is 17.0. The smallest absolute Gasteiger partial charge is 0.224 e. The number of nitrogens with two attached hydrogens (primary N) is 1. The Morgan fingerprint density at radius 2 is 1.85 bits per heavy atom. The fourth-order valence-electron chi connectivity index (χ4n) is 2.99. The highest BCUT2D eigenvalue weighted by Gasteiger charge is 2.29. The molecule has 0 aromatic carbocycles. The lowest BCUT2D eigenvalue weighted by Gasteiger charge is -2.29. The standard InChI is InChI=1S/C15H29N3O2/c1-3-18(4-2)14(19)9-10-17-15(20)13-8-6-5-7-12(13)11-16/h12-13H,3-11,16H2,1-2H3,(H,17,20). The summed E-state index contributed by atoms with van der Waals surface area (Å²) in [7, 11) is 0. The highest BCUT2D eigenvalue weighted by molar-refractivity contribution is 5.80. The molecule has 1 fully saturated rings. The maximum Gasteiger partial charge on any atom is 0.224 e. The molecule has 2 amide bonds. The molecular formula is C15H29N3O2. The highest BCUT2D eigenvalue weighted by Crippen LogP contribution is 2.29. The minimum absolute atomic E-state index is 0.0392. The van der Waals surface area contributed by atoms with E-state index in [-0.39, 0.29) is 17.7 Å². The first-order valence-corrected chi connectivity index (χ1v) is 7.89. The number of hydrogen-bond acceptors (Lipinski definition) is 3.